The predicted octanol–water partition coefficient (Wildman–Crippen LogP) is 6.38. The molecule has 1 saturated carbocycles. The third kappa shape index (κ3) is 4.64. The monoisotopic (exact) mass is 484 g/mol. The Morgan fingerprint density at radius 3 is 2.03 bits per heavy atom. The summed E-state index contributed by atoms with van der Waals surface area (Å²) < 4.78 is 0. The van der Waals surface area contributed by atoms with Crippen LogP contribution in [0.5, 0.6) is 0 Å². The Labute approximate surface area is 211 Å². The van der Waals surface area contributed by atoms with Crippen LogP contribution < -0.4 is 0 Å². The van der Waals surface area contributed by atoms with E-state index in [9.17, 15) is 24.6 Å². The van der Waals surface area contributed by atoms with Crippen LogP contribution in [0.1, 0.15) is 94.4 Å². The van der Waals surface area contributed by atoms with Gasteiger partial charge in [-0.25, -0.2) is 0 Å². The molecular formula is C30H44O5. The molecule has 4 atom stereocenters. The summed E-state index contributed by atoms with van der Waals surface area (Å²) in [6, 6.07) is 0. The van der Waals surface area contributed by atoms with Gasteiger partial charge in [-0.05, 0) is 73.6 Å². The van der Waals surface area contributed by atoms with Crippen molar-refractivity contribution in [3.05, 3.63) is 46.3 Å². The average Bonchev–Trinajstić information content (AvgIpc) is 2.74. The molecule has 194 valence electrons. The van der Waals surface area contributed by atoms with Crippen molar-refractivity contribution < 1.29 is 24.6 Å². The standard InChI is InChI=1S/C30H44O5/c1-18(2)11-10-15-28(9)23(31)17-29(16-14-20(5)6)25(33)22(13-12-19(3)4)26(34)30(28,27(29)35)24(32)21(7)8/h11-12,14,21,23,31,33H,10,13,15-17H2,1-9H3. The quantitative estimate of drug-likeness (QED) is 0.293. The second-order valence-corrected chi connectivity index (χ2v) is 11.8. The first kappa shape index (κ1) is 29.0. The molecule has 2 rings (SSSR count). The van der Waals surface area contributed by atoms with Crippen molar-refractivity contribution in [2.75, 3.05) is 0 Å². The first-order valence-electron chi connectivity index (χ1n) is 12.7. The summed E-state index contributed by atoms with van der Waals surface area (Å²) in [7, 11) is 0. The fraction of sp³-hybridized carbons (Fsp3) is 0.633. The number of hydrogen-bond donors (Lipinski definition) is 2. The van der Waals surface area contributed by atoms with Gasteiger partial charge in [0.05, 0.1) is 11.5 Å². The molecule has 2 bridgehead atoms. The lowest BCUT2D eigenvalue weighted by Crippen LogP contribution is -2.72. The molecule has 0 aromatic heterocycles. The number of aliphatic hydroxyl groups excluding tert-OH is 2. The van der Waals surface area contributed by atoms with E-state index in [-0.39, 0.29) is 30.6 Å². The molecule has 2 N–H and O–H groups in total. The SMILES string of the molecule is CC(C)=CCCC1(C)C(O)CC2(CC=C(C)C)C(=O)C1(C(=O)C(C)C)C(=O)C(CC=C(C)C)=C2O. The minimum atomic E-state index is -2.04. The van der Waals surface area contributed by atoms with Gasteiger partial charge in [0.15, 0.2) is 22.8 Å². The lowest BCUT2D eigenvalue weighted by molar-refractivity contribution is -0.188. The van der Waals surface area contributed by atoms with Gasteiger partial charge in [-0.1, -0.05) is 55.7 Å². The van der Waals surface area contributed by atoms with Crippen molar-refractivity contribution in [2.45, 2.75) is 101 Å². The fourth-order valence-corrected chi connectivity index (χ4v) is 5.81. The number of aliphatic hydroxyl groups is 2. The highest BCUT2D eigenvalue weighted by molar-refractivity contribution is 6.33. The molecule has 1 fully saturated rings. The molecule has 2 aliphatic rings. The highest BCUT2D eigenvalue weighted by atomic mass is 16.3. The van der Waals surface area contributed by atoms with Crippen LogP contribution in [-0.2, 0) is 14.4 Å². The van der Waals surface area contributed by atoms with Crippen molar-refractivity contribution in [2.24, 2.45) is 22.2 Å². The van der Waals surface area contributed by atoms with E-state index in [2.05, 4.69) is 0 Å². The molecule has 0 radical (unpaired) electrons. The maximum Gasteiger partial charge on any atom is 0.184 e. The molecular weight excluding hydrogens is 440 g/mol. The zero-order valence-corrected chi connectivity index (χ0v) is 23.0. The Kier molecular flexibility index (Phi) is 8.59. The van der Waals surface area contributed by atoms with E-state index in [1.165, 1.54) is 0 Å². The number of Topliss-reactive ketones (excluding diaryl/α,β-unsaturated/α-hetero) is 3. The Morgan fingerprint density at radius 1 is 1.00 bits per heavy atom. The Bertz CT molecular complexity index is 1010. The van der Waals surface area contributed by atoms with Crippen molar-refractivity contribution >= 4 is 17.3 Å². The van der Waals surface area contributed by atoms with Gasteiger partial charge >= 0.3 is 0 Å². The molecule has 5 heteroatoms. The topological polar surface area (TPSA) is 91.7 Å². The van der Waals surface area contributed by atoms with E-state index in [1.807, 2.05) is 59.8 Å². The number of rotatable bonds is 9. The van der Waals surface area contributed by atoms with E-state index in [0.717, 1.165) is 16.7 Å². The van der Waals surface area contributed by atoms with Crippen molar-refractivity contribution in [3.63, 3.8) is 0 Å². The summed E-state index contributed by atoms with van der Waals surface area (Å²) in [6.45, 7) is 16.6. The van der Waals surface area contributed by atoms with Crippen molar-refractivity contribution in [1.29, 1.82) is 0 Å². The van der Waals surface area contributed by atoms with Crippen LogP contribution in [0.4, 0.5) is 0 Å². The van der Waals surface area contributed by atoms with Crippen LogP contribution in [0.25, 0.3) is 0 Å². The number of allylic oxidation sites excluding steroid dienone is 8. The lowest BCUT2D eigenvalue weighted by atomic mass is 9.40. The maximum absolute atomic E-state index is 14.6. The van der Waals surface area contributed by atoms with Gasteiger partial charge in [0.25, 0.3) is 0 Å². The smallest absolute Gasteiger partial charge is 0.184 e. The third-order valence-corrected chi connectivity index (χ3v) is 7.95. The van der Waals surface area contributed by atoms with Gasteiger partial charge < -0.3 is 10.2 Å². The molecule has 0 aliphatic heterocycles. The molecule has 0 saturated heterocycles. The van der Waals surface area contributed by atoms with E-state index >= 15 is 0 Å². The Balaban J connectivity index is 2.98. The second-order valence-electron chi connectivity index (χ2n) is 11.8. The van der Waals surface area contributed by atoms with Gasteiger partial charge in [-0.2, -0.15) is 0 Å². The van der Waals surface area contributed by atoms with Gasteiger partial charge in [0.1, 0.15) is 5.76 Å². The summed E-state index contributed by atoms with van der Waals surface area (Å²) in [5.74, 6) is -2.52. The minimum Gasteiger partial charge on any atom is -0.511 e. The highest BCUT2D eigenvalue weighted by Crippen LogP contribution is 2.64. The van der Waals surface area contributed by atoms with Gasteiger partial charge in [-0.3, -0.25) is 14.4 Å². The predicted molar refractivity (Wildman–Crippen MR) is 140 cm³/mol. The molecule has 0 heterocycles. The van der Waals surface area contributed by atoms with Gasteiger partial charge in [-0.15, -0.1) is 0 Å². The maximum atomic E-state index is 14.6. The summed E-state index contributed by atoms with van der Waals surface area (Å²) in [4.78, 5) is 43.0. The fourth-order valence-electron chi connectivity index (χ4n) is 5.81. The largest absolute Gasteiger partial charge is 0.511 e. The van der Waals surface area contributed by atoms with Crippen LogP contribution in [-0.4, -0.2) is 33.7 Å². The molecule has 0 aromatic rings. The third-order valence-electron chi connectivity index (χ3n) is 7.95. The molecule has 5 nitrogen and oxygen atoms in total. The minimum absolute atomic E-state index is 0.0223. The van der Waals surface area contributed by atoms with Crippen LogP contribution in [0.3, 0.4) is 0 Å². The normalized spacial score (nSPS) is 30.3. The summed E-state index contributed by atoms with van der Waals surface area (Å²) in [5.41, 5.74) is -1.70. The number of hydrogen-bond acceptors (Lipinski definition) is 5. The van der Waals surface area contributed by atoms with E-state index in [4.69, 9.17) is 0 Å². The number of carbonyl (C=O) groups excluding carboxylic acids is 3. The Hall–Kier alpha value is -2.27. The van der Waals surface area contributed by atoms with Crippen molar-refractivity contribution in [3.8, 4) is 0 Å². The van der Waals surface area contributed by atoms with Crippen LogP contribution >= 0.6 is 0 Å². The molecule has 0 spiro atoms. The summed E-state index contributed by atoms with van der Waals surface area (Å²) in [5, 5.41) is 23.2. The van der Waals surface area contributed by atoms with E-state index in [1.54, 1.807) is 20.8 Å². The first-order valence-corrected chi connectivity index (χ1v) is 12.7. The van der Waals surface area contributed by atoms with Gasteiger partial charge in [0.2, 0.25) is 0 Å². The number of fused-ring (bicyclic) bond motifs is 2. The molecule has 4 unspecified atom stereocenters. The number of carbonyl (C=O) groups is 3. The zero-order valence-electron chi connectivity index (χ0n) is 23.0. The van der Waals surface area contributed by atoms with Crippen LogP contribution in [0.15, 0.2) is 46.3 Å². The van der Waals surface area contributed by atoms with Crippen LogP contribution in [0, 0.1) is 22.2 Å². The van der Waals surface area contributed by atoms with E-state index < -0.39 is 45.6 Å². The highest BCUT2D eigenvalue weighted by Gasteiger charge is 2.76. The average molecular weight is 485 g/mol. The Morgan fingerprint density at radius 2 is 1.54 bits per heavy atom. The van der Waals surface area contributed by atoms with Gasteiger partial charge in [0, 0.05) is 16.9 Å². The first-order chi connectivity index (χ1) is 16.1. The summed E-state index contributed by atoms with van der Waals surface area (Å²) in [6.07, 6.45) is 5.69. The van der Waals surface area contributed by atoms with Crippen LogP contribution in [0.2, 0.25) is 0 Å². The summed E-state index contributed by atoms with van der Waals surface area (Å²) >= 11 is 0. The molecule has 35 heavy (non-hydrogen) atoms. The second kappa shape index (κ2) is 10.4. The van der Waals surface area contributed by atoms with Crippen molar-refractivity contribution in [1.82, 2.24) is 0 Å². The molecule has 2 aliphatic carbocycles. The number of ketones is 3. The van der Waals surface area contributed by atoms with E-state index in [0.29, 0.717) is 12.8 Å². The molecule has 0 aromatic carbocycles. The zero-order chi connectivity index (χ0) is 26.9. The lowest BCUT2D eigenvalue weighted by Gasteiger charge is -2.59. The molecule has 0 amide bonds.